The average molecular weight is 330 g/mol. The first-order valence-electron chi connectivity index (χ1n) is 9.89. The van der Waals surface area contributed by atoms with Gasteiger partial charge in [0.1, 0.15) is 5.75 Å². The van der Waals surface area contributed by atoms with Crippen molar-refractivity contribution in [3.8, 4) is 5.75 Å². The lowest BCUT2D eigenvalue weighted by molar-refractivity contribution is 0.327. The van der Waals surface area contributed by atoms with Crippen LogP contribution in [0.3, 0.4) is 0 Å². The van der Waals surface area contributed by atoms with E-state index >= 15 is 0 Å². The van der Waals surface area contributed by atoms with Crippen LogP contribution in [0.1, 0.15) is 87.3 Å². The molecule has 132 valence electrons. The van der Waals surface area contributed by atoms with Gasteiger partial charge in [-0.1, -0.05) is 31.4 Å². The molecule has 2 aliphatic rings. The third-order valence-electron chi connectivity index (χ3n) is 5.61. The SMILES string of the molecule is CCOc1ccc(C2=CCCCC2)c(CCF)c1C1CCCCC1. The lowest BCUT2D eigenvalue weighted by Crippen LogP contribution is -2.13. The fourth-order valence-electron chi connectivity index (χ4n) is 4.51. The molecule has 1 aromatic carbocycles. The Hall–Kier alpha value is -1.31. The summed E-state index contributed by atoms with van der Waals surface area (Å²) < 4.78 is 19.4. The van der Waals surface area contributed by atoms with E-state index < -0.39 is 0 Å². The van der Waals surface area contributed by atoms with Crippen molar-refractivity contribution in [2.45, 2.75) is 77.0 Å². The summed E-state index contributed by atoms with van der Waals surface area (Å²) in [7, 11) is 0. The van der Waals surface area contributed by atoms with Crippen LogP contribution in [-0.2, 0) is 6.42 Å². The quantitative estimate of drug-likeness (QED) is 0.571. The number of rotatable bonds is 6. The summed E-state index contributed by atoms with van der Waals surface area (Å²) in [6.45, 7) is 2.43. The van der Waals surface area contributed by atoms with Crippen LogP contribution in [0.4, 0.5) is 4.39 Å². The summed E-state index contributed by atoms with van der Waals surface area (Å²) in [6.07, 6.45) is 14.1. The van der Waals surface area contributed by atoms with Gasteiger partial charge in [-0.25, -0.2) is 0 Å². The molecule has 1 aromatic rings. The topological polar surface area (TPSA) is 9.23 Å². The largest absolute Gasteiger partial charge is 0.494 e. The van der Waals surface area contributed by atoms with Crippen molar-refractivity contribution in [2.75, 3.05) is 13.3 Å². The highest BCUT2D eigenvalue weighted by Gasteiger charge is 2.25. The number of ether oxygens (including phenoxy) is 1. The smallest absolute Gasteiger partial charge is 0.123 e. The van der Waals surface area contributed by atoms with E-state index in [1.54, 1.807) is 0 Å². The van der Waals surface area contributed by atoms with Crippen LogP contribution in [0, 0.1) is 0 Å². The number of alkyl halides is 1. The van der Waals surface area contributed by atoms with Crippen molar-refractivity contribution in [1.29, 1.82) is 0 Å². The molecule has 0 unspecified atom stereocenters. The first kappa shape index (κ1) is 17.5. The Morgan fingerprint density at radius 3 is 2.58 bits per heavy atom. The zero-order chi connectivity index (χ0) is 16.8. The first-order valence-corrected chi connectivity index (χ1v) is 9.89. The third-order valence-corrected chi connectivity index (χ3v) is 5.61. The number of halogens is 1. The summed E-state index contributed by atoms with van der Waals surface area (Å²) in [4.78, 5) is 0. The van der Waals surface area contributed by atoms with E-state index in [9.17, 15) is 4.39 Å². The van der Waals surface area contributed by atoms with Gasteiger partial charge in [-0.15, -0.1) is 0 Å². The van der Waals surface area contributed by atoms with Gasteiger partial charge in [0.2, 0.25) is 0 Å². The monoisotopic (exact) mass is 330 g/mol. The van der Waals surface area contributed by atoms with Crippen LogP contribution in [-0.4, -0.2) is 13.3 Å². The van der Waals surface area contributed by atoms with Gasteiger partial charge in [0.05, 0.1) is 13.3 Å². The van der Waals surface area contributed by atoms with Crippen molar-refractivity contribution in [1.82, 2.24) is 0 Å². The van der Waals surface area contributed by atoms with Gasteiger partial charge in [0.25, 0.3) is 0 Å². The number of benzene rings is 1. The molecular formula is C22H31FO. The minimum Gasteiger partial charge on any atom is -0.494 e. The molecule has 0 aliphatic heterocycles. The average Bonchev–Trinajstić information content (AvgIpc) is 2.64. The van der Waals surface area contributed by atoms with Crippen molar-refractivity contribution >= 4 is 5.57 Å². The summed E-state index contributed by atoms with van der Waals surface area (Å²) in [5.74, 6) is 1.55. The van der Waals surface area contributed by atoms with Gasteiger partial charge in [0.15, 0.2) is 0 Å². The van der Waals surface area contributed by atoms with E-state index in [-0.39, 0.29) is 6.67 Å². The second-order valence-corrected chi connectivity index (χ2v) is 7.19. The Balaban J connectivity index is 2.07. The molecule has 2 heteroatoms. The molecule has 0 spiro atoms. The minimum atomic E-state index is -0.282. The molecule has 0 amide bonds. The second-order valence-electron chi connectivity index (χ2n) is 7.19. The van der Waals surface area contributed by atoms with Crippen molar-refractivity contribution < 1.29 is 9.13 Å². The van der Waals surface area contributed by atoms with Gasteiger partial charge in [-0.3, -0.25) is 4.39 Å². The van der Waals surface area contributed by atoms with Crippen molar-refractivity contribution in [3.05, 3.63) is 34.9 Å². The van der Waals surface area contributed by atoms with E-state index in [1.807, 2.05) is 6.92 Å². The Kier molecular flexibility index (Phi) is 6.34. The number of allylic oxidation sites excluding steroid dienone is 2. The maximum Gasteiger partial charge on any atom is 0.123 e. The standard InChI is InChI=1S/C22H31FO/c1-2-24-21-14-13-19(17-9-5-3-6-10-17)20(15-16-23)22(21)18-11-7-4-8-12-18/h9,13-14,18H,2-8,10-12,15-16H2,1H3. The van der Waals surface area contributed by atoms with Crippen molar-refractivity contribution in [2.24, 2.45) is 0 Å². The molecule has 1 fully saturated rings. The van der Waals surface area contributed by atoms with E-state index in [4.69, 9.17) is 4.74 Å². The third kappa shape index (κ3) is 3.84. The molecule has 0 N–H and O–H groups in total. The zero-order valence-electron chi connectivity index (χ0n) is 15.1. The van der Waals surface area contributed by atoms with Crippen LogP contribution >= 0.6 is 0 Å². The van der Waals surface area contributed by atoms with Crippen molar-refractivity contribution in [3.63, 3.8) is 0 Å². The van der Waals surface area contributed by atoms with Gasteiger partial charge < -0.3 is 4.74 Å². The fourth-order valence-corrected chi connectivity index (χ4v) is 4.51. The molecule has 0 atom stereocenters. The Bertz CT molecular complexity index is 570. The van der Waals surface area contributed by atoms with E-state index in [0.29, 0.717) is 18.9 Å². The molecule has 0 saturated heterocycles. The van der Waals surface area contributed by atoms with Gasteiger partial charge in [-0.2, -0.15) is 0 Å². The second kappa shape index (κ2) is 8.69. The highest BCUT2D eigenvalue weighted by atomic mass is 19.1. The first-order chi connectivity index (χ1) is 11.8. The number of hydrogen-bond acceptors (Lipinski definition) is 1. The van der Waals surface area contributed by atoms with Crippen LogP contribution in [0.2, 0.25) is 0 Å². The molecule has 0 radical (unpaired) electrons. The summed E-state index contributed by atoms with van der Waals surface area (Å²) >= 11 is 0. The Morgan fingerprint density at radius 2 is 1.92 bits per heavy atom. The van der Waals surface area contributed by atoms with Gasteiger partial charge in [-0.05, 0) is 74.1 Å². The van der Waals surface area contributed by atoms with Crippen LogP contribution in [0.15, 0.2) is 18.2 Å². The molecular weight excluding hydrogens is 299 g/mol. The van der Waals surface area contributed by atoms with Crippen LogP contribution < -0.4 is 4.74 Å². The molecule has 0 aromatic heterocycles. The van der Waals surface area contributed by atoms with Crippen LogP contribution in [0.5, 0.6) is 5.75 Å². The number of hydrogen-bond donors (Lipinski definition) is 0. The van der Waals surface area contributed by atoms with E-state index in [2.05, 4.69) is 18.2 Å². The maximum atomic E-state index is 13.4. The highest BCUT2D eigenvalue weighted by molar-refractivity contribution is 5.71. The lowest BCUT2D eigenvalue weighted by atomic mass is 9.78. The predicted molar refractivity (Wildman–Crippen MR) is 99.6 cm³/mol. The normalized spacial score (nSPS) is 19.2. The van der Waals surface area contributed by atoms with Gasteiger partial charge in [0, 0.05) is 12.0 Å². The summed E-state index contributed by atoms with van der Waals surface area (Å²) in [5, 5.41) is 0. The van der Waals surface area contributed by atoms with Crippen LogP contribution in [0.25, 0.3) is 5.57 Å². The lowest BCUT2D eigenvalue weighted by Gasteiger charge is -2.29. The fraction of sp³-hybridized carbons (Fsp3) is 0.636. The highest BCUT2D eigenvalue weighted by Crippen LogP contribution is 2.43. The zero-order valence-corrected chi connectivity index (χ0v) is 15.1. The molecule has 1 saturated carbocycles. The molecule has 0 heterocycles. The Labute approximate surface area is 146 Å². The molecule has 3 rings (SSSR count). The molecule has 2 aliphatic carbocycles. The maximum absolute atomic E-state index is 13.4. The van der Waals surface area contributed by atoms with E-state index in [0.717, 1.165) is 18.6 Å². The summed E-state index contributed by atoms with van der Waals surface area (Å²) in [5.41, 5.74) is 5.31. The summed E-state index contributed by atoms with van der Waals surface area (Å²) in [6, 6.07) is 4.35. The van der Waals surface area contributed by atoms with Gasteiger partial charge >= 0.3 is 0 Å². The minimum absolute atomic E-state index is 0.282. The molecule has 24 heavy (non-hydrogen) atoms. The predicted octanol–water partition coefficient (Wildman–Crippen LogP) is 6.60. The molecule has 0 bridgehead atoms. The molecule has 1 nitrogen and oxygen atoms in total. The van der Waals surface area contributed by atoms with E-state index in [1.165, 1.54) is 67.2 Å². The Morgan fingerprint density at radius 1 is 1.08 bits per heavy atom.